The van der Waals surface area contributed by atoms with Gasteiger partial charge in [0.05, 0.1) is 11.4 Å². The number of anilines is 1. The van der Waals surface area contributed by atoms with Crippen LogP contribution in [0.3, 0.4) is 0 Å². The van der Waals surface area contributed by atoms with Gasteiger partial charge < -0.3 is 5.32 Å². The fourth-order valence-corrected chi connectivity index (χ4v) is 5.65. The lowest BCUT2D eigenvalue weighted by atomic mass is 9.86. The molecule has 5 rings (SSSR count). The minimum absolute atomic E-state index is 0.576. The third-order valence-electron chi connectivity index (χ3n) is 7.04. The first-order valence-corrected chi connectivity index (χ1v) is 12.0. The number of hydrogen-bond acceptors (Lipinski definition) is 4. The van der Waals surface area contributed by atoms with Crippen LogP contribution in [-0.4, -0.2) is 30.1 Å². The molecular formula is C25H31ClN4. The van der Waals surface area contributed by atoms with Crippen LogP contribution in [0.1, 0.15) is 56.1 Å². The van der Waals surface area contributed by atoms with E-state index in [1.165, 1.54) is 74.8 Å². The normalized spacial score (nSPS) is 24.4. The van der Waals surface area contributed by atoms with Gasteiger partial charge in [0, 0.05) is 22.8 Å². The minimum atomic E-state index is 0.576. The zero-order chi connectivity index (χ0) is 20.3. The molecule has 0 aromatic heterocycles. The Morgan fingerprint density at radius 2 is 1.60 bits per heavy atom. The van der Waals surface area contributed by atoms with E-state index >= 15 is 0 Å². The second kappa shape index (κ2) is 9.07. The predicted octanol–water partition coefficient (Wildman–Crippen LogP) is 7.06. The van der Waals surface area contributed by atoms with Crippen molar-refractivity contribution in [2.45, 2.75) is 69.9 Å². The predicted molar refractivity (Wildman–Crippen MR) is 125 cm³/mol. The van der Waals surface area contributed by atoms with Crippen LogP contribution < -0.4 is 5.32 Å². The van der Waals surface area contributed by atoms with Gasteiger partial charge in [0.2, 0.25) is 0 Å². The summed E-state index contributed by atoms with van der Waals surface area (Å²) in [5.74, 6) is 0. The molecule has 0 amide bonds. The molecular weight excluding hydrogens is 392 g/mol. The second-order valence-electron chi connectivity index (χ2n) is 8.97. The summed E-state index contributed by atoms with van der Waals surface area (Å²) in [4.78, 5) is 2.73. The topological polar surface area (TPSA) is 40.0 Å². The molecule has 0 bridgehead atoms. The summed E-state index contributed by atoms with van der Waals surface area (Å²) in [5, 5.41) is 13.8. The molecule has 158 valence electrons. The number of nitrogens with one attached hydrogen (secondary N) is 1. The molecule has 1 N–H and O–H groups in total. The van der Waals surface area contributed by atoms with Gasteiger partial charge in [-0.05, 0) is 112 Å². The van der Waals surface area contributed by atoms with Gasteiger partial charge in [0.25, 0.3) is 0 Å². The Morgan fingerprint density at radius 1 is 0.800 bits per heavy atom. The van der Waals surface area contributed by atoms with E-state index in [-0.39, 0.29) is 0 Å². The largest absolute Gasteiger partial charge is 0.381 e. The highest BCUT2D eigenvalue weighted by atomic mass is 35.5. The van der Waals surface area contributed by atoms with E-state index in [0.29, 0.717) is 12.1 Å². The zero-order valence-electron chi connectivity index (χ0n) is 17.6. The van der Waals surface area contributed by atoms with E-state index in [1.807, 2.05) is 24.3 Å². The van der Waals surface area contributed by atoms with Gasteiger partial charge in [-0.2, -0.15) is 10.2 Å². The van der Waals surface area contributed by atoms with Gasteiger partial charge in [-0.1, -0.05) is 18.0 Å². The van der Waals surface area contributed by atoms with Crippen molar-refractivity contribution < 1.29 is 0 Å². The van der Waals surface area contributed by atoms with E-state index in [9.17, 15) is 0 Å². The SMILES string of the molecule is Clc1ccc(N=Nc2ccc(N[C@@H]3CCCN4CCCC[C@H]34)c3c2CCCC3)cc1. The lowest BCUT2D eigenvalue weighted by Crippen LogP contribution is -2.53. The number of azo groups is 1. The number of nitrogens with zero attached hydrogens (tertiary/aromatic N) is 3. The third-order valence-corrected chi connectivity index (χ3v) is 7.29. The van der Waals surface area contributed by atoms with E-state index in [0.717, 1.165) is 29.2 Å². The van der Waals surface area contributed by atoms with E-state index in [4.69, 9.17) is 11.6 Å². The smallest absolute Gasteiger partial charge is 0.0893 e. The monoisotopic (exact) mass is 422 g/mol. The highest BCUT2D eigenvalue weighted by Gasteiger charge is 2.33. The minimum Gasteiger partial charge on any atom is -0.381 e. The summed E-state index contributed by atoms with van der Waals surface area (Å²) < 4.78 is 0. The van der Waals surface area contributed by atoms with E-state index < -0.39 is 0 Å². The van der Waals surface area contributed by atoms with Crippen molar-refractivity contribution in [2.75, 3.05) is 18.4 Å². The lowest BCUT2D eigenvalue weighted by Gasteiger charge is -2.45. The van der Waals surface area contributed by atoms with Crippen LogP contribution in [0.4, 0.5) is 17.1 Å². The van der Waals surface area contributed by atoms with Crippen molar-refractivity contribution in [2.24, 2.45) is 10.2 Å². The Kier molecular flexibility index (Phi) is 6.05. The fraction of sp³-hybridized carbons (Fsp3) is 0.520. The van der Waals surface area contributed by atoms with E-state index in [2.05, 4.69) is 32.6 Å². The molecule has 30 heavy (non-hydrogen) atoms. The van der Waals surface area contributed by atoms with Gasteiger partial charge in [-0.3, -0.25) is 4.90 Å². The van der Waals surface area contributed by atoms with Crippen molar-refractivity contribution in [3.63, 3.8) is 0 Å². The average Bonchev–Trinajstić information content (AvgIpc) is 2.80. The molecule has 0 saturated carbocycles. The Labute approximate surface area is 184 Å². The number of rotatable bonds is 4. The second-order valence-corrected chi connectivity index (χ2v) is 9.40. The number of hydrogen-bond donors (Lipinski definition) is 1. The molecule has 2 heterocycles. The maximum absolute atomic E-state index is 5.98. The zero-order valence-corrected chi connectivity index (χ0v) is 18.4. The molecule has 0 radical (unpaired) electrons. The van der Waals surface area contributed by atoms with Gasteiger partial charge in [-0.25, -0.2) is 0 Å². The van der Waals surface area contributed by atoms with Gasteiger partial charge >= 0.3 is 0 Å². The molecule has 4 nitrogen and oxygen atoms in total. The molecule has 5 heteroatoms. The Bertz CT molecular complexity index is 906. The molecule has 2 saturated heterocycles. The van der Waals surface area contributed by atoms with Crippen LogP contribution in [-0.2, 0) is 12.8 Å². The summed E-state index contributed by atoms with van der Waals surface area (Å²) in [6, 6.07) is 13.2. The van der Waals surface area contributed by atoms with Crippen molar-refractivity contribution in [3.05, 3.63) is 52.5 Å². The Balaban J connectivity index is 1.39. The summed E-state index contributed by atoms with van der Waals surface area (Å²) in [5.41, 5.74) is 6.06. The van der Waals surface area contributed by atoms with Crippen molar-refractivity contribution in [1.82, 2.24) is 4.90 Å². The van der Waals surface area contributed by atoms with Gasteiger partial charge in [0.1, 0.15) is 0 Å². The van der Waals surface area contributed by atoms with Crippen LogP contribution >= 0.6 is 11.6 Å². The standard InChI is InChI=1S/C25H31ClN4/c26-18-10-12-19(13-11-18)28-29-23-15-14-22(20-6-1-2-7-21(20)23)27-24-8-5-17-30-16-4-3-9-25(24)30/h10-15,24-25,27H,1-9,16-17H2/t24-,25-/m1/s1. The first kappa shape index (κ1) is 20.0. The van der Waals surface area contributed by atoms with Crippen LogP contribution in [0.25, 0.3) is 0 Å². The summed E-state index contributed by atoms with van der Waals surface area (Å²) in [7, 11) is 0. The molecule has 0 unspecified atom stereocenters. The molecule has 2 fully saturated rings. The molecule has 2 aliphatic heterocycles. The number of fused-ring (bicyclic) bond motifs is 2. The average molecular weight is 423 g/mol. The maximum Gasteiger partial charge on any atom is 0.0893 e. The quantitative estimate of drug-likeness (QED) is 0.535. The number of halogens is 1. The van der Waals surface area contributed by atoms with Crippen LogP contribution in [0, 0.1) is 0 Å². The first-order chi connectivity index (χ1) is 14.8. The van der Waals surface area contributed by atoms with Gasteiger partial charge in [0.15, 0.2) is 0 Å². The molecule has 2 aromatic carbocycles. The number of benzene rings is 2. The summed E-state index contributed by atoms with van der Waals surface area (Å²) in [6.07, 6.45) is 11.4. The fourth-order valence-electron chi connectivity index (χ4n) is 5.52. The Hall–Kier alpha value is -1.91. The number of piperidine rings is 2. The van der Waals surface area contributed by atoms with Crippen molar-refractivity contribution in [1.29, 1.82) is 0 Å². The summed E-state index contributed by atoms with van der Waals surface area (Å²) in [6.45, 7) is 2.57. The molecule has 1 aliphatic carbocycles. The van der Waals surface area contributed by atoms with Crippen LogP contribution in [0.2, 0.25) is 5.02 Å². The maximum atomic E-state index is 5.98. The lowest BCUT2D eigenvalue weighted by molar-refractivity contribution is 0.0977. The molecule has 2 atom stereocenters. The van der Waals surface area contributed by atoms with E-state index in [1.54, 1.807) is 0 Å². The molecule has 0 spiro atoms. The first-order valence-electron chi connectivity index (χ1n) is 11.6. The van der Waals surface area contributed by atoms with Crippen LogP contribution in [0.5, 0.6) is 0 Å². The highest BCUT2D eigenvalue weighted by molar-refractivity contribution is 6.30. The molecule has 2 aromatic rings. The Morgan fingerprint density at radius 3 is 2.47 bits per heavy atom. The highest BCUT2D eigenvalue weighted by Crippen LogP contribution is 2.37. The molecule has 3 aliphatic rings. The van der Waals surface area contributed by atoms with Crippen molar-refractivity contribution >= 4 is 28.7 Å². The van der Waals surface area contributed by atoms with Gasteiger partial charge in [-0.15, -0.1) is 0 Å². The van der Waals surface area contributed by atoms with Crippen LogP contribution in [0.15, 0.2) is 46.6 Å². The van der Waals surface area contributed by atoms with Crippen molar-refractivity contribution in [3.8, 4) is 0 Å². The summed E-state index contributed by atoms with van der Waals surface area (Å²) >= 11 is 5.98. The third kappa shape index (κ3) is 4.26.